The van der Waals surface area contributed by atoms with Crippen LogP contribution in [0.15, 0.2) is 12.1 Å². The van der Waals surface area contributed by atoms with Crippen LogP contribution in [-0.2, 0) is 0 Å². The van der Waals surface area contributed by atoms with E-state index in [-0.39, 0.29) is 22.4 Å². The van der Waals surface area contributed by atoms with Crippen LogP contribution in [0, 0.1) is 0 Å². The third-order valence-electron chi connectivity index (χ3n) is 2.05. The molecule has 0 fully saturated rings. The molecule has 0 N–H and O–H groups in total. The molecule has 1 rings (SSSR count). The van der Waals surface area contributed by atoms with Gasteiger partial charge in [-0.3, -0.25) is 4.79 Å². The van der Waals surface area contributed by atoms with Crippen LogP contribution in [0.5, 0.6) is 0 Å². The Labute approximate surface area is 112 Å². The number of halogens is 5. The minimum Gasteiger partial charge on any atom is -0.330 e. The fourth-order valence-corrected chi connectivity index (χ4v) is 1.78. The number of amides is 1. The van der Waals surface area contributed by atoms with Crippen molar-refractivity contribution in [2.75, 3.05) is 13.1 Å². The molecule has 0 aliphatic rings. The van der Waals surface area contributed by atoms with Gasteiger partial charge in [-0.25, -0.2) is 4.98 Å². The molecule has 0 atom stereocenters. The second-order valence-electron chi connectivity index (χ2n) is 3.44. The third-order valence-corrected chi connectivity index (χ3v) is 2.44. The van der Waals surface area contributed by atoms with Crippen LogP contribution in [0.1, 0.15) is 17.3 Å². The van der Waals surface area contributed by atoms with Crippen molar-refractivity contribution in [3.63, 3.8) is 0 Å². The van der Waals surface area contributed by atoms with Gasteiger partial charge >= 0.3 is 6.18 Å². The first-order chi connectivity index (χ1) is 8.23. The third kappa shape index (κ3) is 4.34. The van der Waals surface area contributed by atoms with Crippen molar-refractivity contribution in [2.45, 2.75) is 13.1 Å². The molecule has 8 heteroatoms. The molecule has 0 bridgehead atoms. The number of carbonyl (C=O) groups is 1. The van der Waals surface area contributed by atoms with Crippen LogP contribution in [-0.4, -0.2) is 35.1 Å². The van der Waals surface area contributed by atoms with E-state index in [2.05, 4.69) is 4.98 Å². The number of pyridine rings is 1. The standard InChI is InChI=1S/C10H9Cl2F3N2O/c1-2-17(5-10(13,14)15)9(18)6-3-7(11)16-8(12)4-6/h3-4H,2,5H2,1H3. The first-order valence-corrected chi connectivity index (χ1v) is 5.67. The van der Waals surface area contributed by atoms with E-state index in [0.29, 0.717) is 4.90 Å². The Morgan fingerprint density at radius 1 is 1.33 bits per heavy atom. The molecule has 0 radical (unpaired) electrons. The van der Waals surface area contributed by atoms with E-state index < -0.39 is 18.6 Å². The monoisotopic (exact) mass is 300 g/mol. The zero-order chi connectivity index (χ0) is 13.9. The highest BCUT2D eigenvalue weighted by Crippen LogP contribution is 2.20. The summed E-state index contributed by atoms with van der Waals surface area (Å²) in [6.07, 6.45) is -4.45. The van der Waals surface area contributed by atoms with E-state index in [1.807, 2.05) is 0 Å². The number of alkyl halides is 3. The summed E-state index contributed by atoms with van der Waals surface area (Å²) < 4.78 is 36.8. The lowest BCUT2D eigenvalue weighted by Crippen LogP contribution is -2.38. The Kier molecular flexibility index (Phi) is 4.81. The maximum absolute atomic E-state index is 12.3. The molecule has 0 saturated carbocycles. The summed E-state index contributed by atoms with van der Waals surface area (Å²) in [7, 11) is 0. The van der Waals surface area contributed by atoms with Gasteiger partial charge in [-0.15, -0.1) is 0 Å². The van der Waals surface area contributed by atoms with Crippen molar-refractivity contribution in [2.24, 2.45) is 0 Å². The normalized spacial score (nSPS) is 11.4. The molecule has 0 aliphatic carbocycles. The van der Waals surface area contributed by atoms with E-state index in [9.17, 15) is 18.0 Å². The maximum atomic E-state index is 12.3. The lowest BCUT2D eigenvalue weighted by Gasteiger charge is -2.22. The predicted octanol–water partition coefficient (Wildman–Crippen LogP) is 3.41. The van der Waals surface area contributed by atoms with Crippen molar-refractivity contribution in [3.05, 3.63) is 28.0 Å². The molecule has 0 unspecified atom stereocenters. The zero-order valence-electron chi connectivity index (χ0n) is 9.26. The smallest absolute Gasteiger partial charge is 0.330 e. The highest BCUT2D eigenvalue weighted by Gasteiger charge is 2.32. The SMILES string of the molecule is CCN(CC(F)(F)F)C(=O)c1cc(Cl)nc(Cl)c1. The number of aromatic nitrogens is 1. The average Bonchev–Trinajstić information content (AvgIpc) is 2.22. The number of hydrogen-bond donors (Lipinski definition) is 0. The largest absolute Gasteiger partial charge is 0.406 e. The van der Waals surface area contributed by atoms with E-state index in [1.165, 1.54) is 19.1 Å². The molecule has 0 aliphatic heterocycles. The summed E-state index contributed by atoms with van der Waals surface area (Å²) in [4.78, 5) is 16.1. The zero-order valence-corrected chi connectivity index (χ0v) is 10.8. The van der Waals surface area contributed by atoms with Gasteiger partial charge in [0.2, 0.25) is 0 Å². The minimum atomic E-state index is -4.45. The minimum absolute atomic E-state index is 0.0221. The van der Waals surface area contributed by atoms with Crippen LogP contribution < -0.4 is 0 Å². The van der Waals surface area contributed by atoms with Crippen LogP contribution in [0.3, 0.4) is 0 Å². The van der Waals surface area contributed by atoms with E-state index in [4.69, 9.17) is 23.2 Å². The first kappa shape index (κ1) is 15.0. The van der Waals surface area contributed by atoms with E-state index in [1.54, 1.807) is 0 Å². The number of nitrogens with zero attached hydrogens (tertiary/aromatic N) is 2. The van der Waals surface area contributed by atoms with Crippen molar-refractivity contribution in [3.8, 4) is 0 Å². The molecule has 1 aromatic heterocycles. The van der Waals surface area contributed by atoms with Crippen LogP contribution in [0.2, 0.25) is 10.3 Å². The second kappa shape index (κ2) is 5.75. The molecule has 0 spiro atoms. The lowest BCUT2D eigenvalue weighted by atomic mass is 10.2. The van der Waals surface area contributed by atoms with E-state index in [0.717, 1.165) is 0 Å². The van der Waals surface area contributed by atoms with Gasteiger partial charge in [-0.1, -0.05) is 23.2 Å². The van der Waals surface area contributed by atoms with E-state index >= 15 is 0 Å². The van der Waals surface area contributed by atoms with Crippen molar-refractivity contribution < 1.29 is 18.0 Å². The van der Waals surface area contributed by atoms with Crippen molar-refractivity contribution in [1.29, 1.82) is 0 Å². The van der Waals surface area contributed by atoms with Gasteiger partial charge in [0.1, 0.15) is 16.9 Å². The van der Waals surface area contributed by atoms with Crippen LogP contribution >= 0.6 is 23.2 Å². The van der Waals surface area contributed by atoms with Gasteiger partial charge in [0.05, 0.1) is 0 Å². The summed E-state index contributed by atoms with van der Waals surface area (Å²) in [6.45, 7) is 0.0594. The fourth-order valence-electron chi connectivity index (χ4n) is 1.31. The molecule has 1 amide bonds. The average molecular weight is 301 g/mol. The molecule has 100 valence electrons. The Balaban J connectivity index is 2.96. The van der Waals surface area contributed by atoms with Crippen LogP contribution in [0.4, 0.5) is 13.2 Å². The van der Waals surface area contributed by atoms with Gasteiger partial charge in [0.15, 0.2) is 0 Å². The molecular weight excluding hydrogens is 292 g/mol. The van der Waals surface area contributed by atoms with Gasteiger partial charge in [-0.05, 0) is 19.1 Å². The summed E-state index contributed by atoms with van der Waals surface area (Å²) in [5.74, 6) is -0.791. The second-order valence-corrected chi connectivity index (χ2v) is 4.21. The number of carbonyl (C=O) groups excluding carboxylic acids is 1. The van der Waals surface area contributed by atoms with Gasteiger partial charge in [-0.2, -0.15) is 13.2 Å². The molecular formula is C10H9Cl2F3N2O. The lowest BCUT2D eigenvalue weighted by molar-refractivity contribution is -0.140. The maximum Gasteiger partial charge on any atom is 0.406 e. The summed E-state index contributed by atoms with van der Waals surface area (Å²) in [5, 5.41) is -0.0946. The Morgan fingerprint density at radius 3 is 2.22 bits per heavy atom. The summed E-state index contributed by atoms with van der Waals surface area (Å²) in [5.41, 5.74) is -0.0221. The number of rotatable bonds is 3. The predicted molar refractivity (Wildman–Crippen MR) is 61.9 cm³/mol. The van der Waals surface area contributed by atoms with Gasteiger partial charge in [0, 0.05) is 12.1 Å². The molecule has 0 aromatic carbocycles. The molecule has 1 aromatic rings. The highest BCUT2D eigenvalue weighted by atomic mass is 35.5. The van der Waals surface area contributed by atoms with Crippen LogP contribution in [0.25, 0.3) is 0 Å². The van der Waals surface area contributed by atoms with Crippen molar-refractivity contribution >= 4 is 29.1 Å². The fraction of sp³-hybridized carbons (Fsp3) is 0.400. The first-order valence-electron chi connectivity index (χ1n) is 4.92. The molecule has 18 heavy (non-hydrogen) atoms. The number of hydrogen-bond acceptors (Lipinski definition) is 2. The van der Waals surface area contributed by atoms with Crippen molar-refractivity contribution in [1.82, 2.24) is 9.88 Å². The van der Waals surface area contributed by atoms with Gasteiger partial charge in [0.25, 0.3) is 5.91 Å². The Morgan fingerprint density at radius 2 is 1.83 bits per heavy atom. The highest BCUT2D eigenvalue weighted by molar-refractivity contribution is 6.33. The topological polar surface area (TPSA) is 33.2 Å². The molecule has 1 heterocycles. The van der Waals surface area contributed by atoms with Gasteiger partial charge < -0.3 is 4.90 Å². The molecule has 0 saturated heterocycles. The quantitative estimate of drug-likeness (QED) is 0.802. The summed E-state index contributed by atoms with van der Waals surface area (Å²) in [6, 6.07) is 2.35. The molecule has 3 nitrogen and oxygen atoms in total. The Hall–Kier alpha value is -1.01. The summed E-state index contributed by atoms with van der Waals surface area (Å²) >= 11 is 11.2. The Bertz CT molecular complexity index is 431.